The second-order valence-electron chi connectivity index (χ2n) is 8.70. The van der Waals surface area contributed by atoms with Gasteiger partial charge < -0.3 is 20.4 Å². The summed E-state index contributed by atoms with van der Waals surface area (Å²) < 4.78 is 0. The first-order chi connectivity index (χ1) is 13.6. The highest BCUT2D eigenvalue weighted by Crippen LogP contribution is 2.27. The Morgan fingerprint density at radius 2 is 1.69 bits per heavy atom. The lowest BCUT2D eigenvalue weighted by Crippen LogP contribution is -2.51. The number of carbonyl (C=O) groups is 2. The van der Waals surface area contributed by atoms with Crippen molar-refractivity contribution in [1.29, 1.82) is 0 Å². The number of carbonyl (C=O) groups excluding carboxylic acids is 2. The summed E-state index contributed by atoms with van der Waals surface area (Å²) in [7, 11) is 1.85. The molecule has 2 atom stereocenters. The Morgan fingerprint density at radius 1 is 1.07 bits per heavy atom. The van der Waals surface area contributed by atoms with Crippen LogP contribution in [0, 0.1) is 5.92 Å². The van der Waals surface area contributed by atoms with Gasteiger partial charge in [-0.05, 0) is 44.1 Å². The molecule has 4 rings (SSSR count). The molecule has 0 spiro atoms. The predicted molar refractivity (Wildman–Crippen MR) is 116 cm³/mol. The van der Waals surface area contributed by atoms with Crippen molar-refractivity contribution in [3.63, 3.8) is 0 Å². The van der Waals surface area contributed by atoms with Gasteiger partial charge in [-0.3, -0.25) is 4.79 Å². The van der Waals surface area contributed by atoms with E-state index >= 15 is 0 Å². The molecule has 2 bridgehead atoms. The highest BCUT2D eigenvalue weighted by Gasteiger charge is 2.35. The Bertz CT molecular complexity index is 681. The summed E-state index contributed by atoms with van der Waals surface area (Å²) in [4.78, 5) is 29.1. The Labute approximate surface area is 179 Å². The van der Waals surface area contributed by atoms with Crippen LogP contribution in [0.4, 0.5) is 4.79 Å². The third-order valence-corrected chi connectivity index (χ3v) is 6.54. The Morgan fingerprint density at radius 3 is 2.31 bits per heavy atom. The van der Waals surface area contributed by atoms with Crippen molar-refractivity contribution in [3.05, 3.63) is 35.9 Å². The van der Waals surface area contributed by atoms with Gasteiger partial charge in [-0.15, -0.1) is 12.4 Å². The number of nitrogens with zero attached hydrogens (tertiary/aromatic N) is 2. The van der Waals surface area contributed by atoms with E-state index in [2.05, 4.69) is 10.6 Å². The van der Waals surface area contributed by atoms with Crippen molar-refractivity contribution < 1.29 is 9.59 Å². The van der Waals surface area contributed by atoms with E-state index in [1.165, 1.54) is 12.8 Å². The second-order valence-corrected chi connectivity index (χ2v) is 8.70. The van der Waals surface area contributed by atoms with Crippen LogP contribution in [0.1, 0.15) is 44.1 Å². The van der Waals surface area contributed by atoms with E-state index < -0.39 is 0 Å². The first kappa shape index (κ1) is 21.9. The molecule has 6 nitrogen and oxygen atoms in total. The third kappa shape index (κ3) is 5.43. The van der Waals surface area contributed by atoms with Crippen LogP contribution < -0.4 is 10.6 Å². The monoisotopic (exact) mass is 420 g/mol. The van der Waals surface area contributed by atoms with Crippen molar-refractivity contribution >= 4 is 24.3 Å². The molecule has 1 aromatic rings. The van der Waals surface area contributed by atoms with Gasteiger partial charge in [0.05, 0.1) is 0 Å². The molecule has 2 unspecified atom stereocenters. The van der Waals surface area contributed by atoms with E-state index in [4.69, 9.17) is 0 Å². The molecule has 2 N–H and O–H groups in total. The lowest BCUT2D eigenvalue weighted by molar-refractivity contribution is -0.127. The van der Waals surface area contributed by atoms with E-state index in [0.717, 1.165) is 31.2 Å². The molecule has 0 saturated carbocycles. The van der Waals surface area contributed by atoms with Crippen molar-refractivity contribution in [3.8, 4) is 0 Å². The minimum absolute atomic E-state index is 0. The number of halogens is 1. The number of urea groups is 1. The van der Waals surface area contributed by atoms with E-state index in [0.29, 0.717) is 37.8 Å². The van der Waals surface area contributed by atoms with Crippen molar-refractivity contribution in [2.24, 2.45) is 5.92 Å². The van der Waals surface area contributed by atoms with Gasteiger partial charge in [0.2, 0.25) is 5.91 Å². The summed E-state index contributed by atoms with van der Waals surface area (Å²) in [5.41, 5.74) is 1.13. The van der Waals surface area contributed by atoms with Crippen LogP contribution in [-0.4, -0.2) is 60.0 Å². The lowest BCUT2D eigenvalue weighted by atomic mass is 9.94. The van der Waals surface area contributed by atoms with Crippen molar-refractivity contribution in [2.75, 3.05) is 20.1 Å². The summed E-state index contributed by atoms with van der Waals surface area (Å²) in [5, 5.41) is 6.92. The molecule has 3 aliphatic heterocycles. The van der Waals surface area contributed by atoms with Crippen molar-refractivity contribution in [2.45, 2.75) is 63.2 Å². The number of amides is 3. The first-order valence-electron chi connectivity index (χ1n) is 10.7. The summed E-state index contributed by atoms with van der Waals surface area (Å²) in [6, 6.07) is 11.6. The van der Waals surface area contributed by atoms with Crippen molar-refractivity contribution in [1.82, 2.24) is 20.4 Å². The Balaban J connectivity index is 0.00000240. The van der Waals surface area contributed by atoms with Gasteiger partial charge >= 0.3 is 6.03 Å². The highest BCUT2D eigenvalue weighted by atomic mass is 35.5. The average Bonchev–Trinajstić information content (AvgIpc) is 3.06. The smallest absolute Gasteiger partial charge is 0.320 e. The van der Waals surface area contributed by atoms with E-state index in [1.54, 1.807) is 4.90 Å². The molecule has 0 radical (unpaired) electrons. The molecule has 0 aliphatic carbocycles. The van der Waals surface area contributed by atoms with Crippen LogP contribution in [0.5, 0.6) is 0 Å². The van der Waals surface area contributed by atoms with Gasteiger partial charge in [-0.2, -0.15) is 0 Å². The molecular formula is C22H33ClN4O2. The summed E-state index contributed by atoms with van der Waals surface area (Å²) in [5.74, 6) is 0.229. The van der Waals surface area contributed by atoms with Crippen LogP contribution in [-0.2, 0) is 11.3 Å². The lowest BCUT2D eigenvalue weighted by Gasteiger charge is -2.35. The minimum atomic E-state index is 0. The zero-order chi connectivity index (χ0) is 19.5. The van der Waals surface area contributed by atoms with Crippen LogP contribution in [0.15, 0.2) is 30.3 Å². The van der Waals surface area contributed by atoms with Gasteiger partial charge in [0.1, 0.15) is 0 Å². The van der Waals surface area contributed by atoms with E-state index in [9.17, 15) is 9.59 Å². The number of nitrogens with one attached hydrogen (secondary N) is 2. The standard InChI is InChI=1S/C22H32N4O2.ClH/c1-25(15-16-5-3-2-4-6-16)22(28)26-11-9-17(10-12-26)21(27)24-20-13-18-7-8-19(14-20)23-18;/h2-6,17-20,23H,7-15H2,1H3,(H,24,27);1H. The maximum absolute atomic E-state index is 12.7. The molecule has 1 aromatic carbocycles. The van der Waals surface area contributed by atoms with Gasteiger partial charge in [0, 0.05) is 50.7 Å². The normalized spacial score (nSPS) is 26.5. The fourth-order valence-electron chi connectivity index (χ4n) is 4.99. The highest BCUT2D eigenvalue weighted by molar-refractivity contribution is 5.85. The maximum Gasteiger partial charge on any atom is 0.320 e. The van der Waals surface area contributed by atoms with Gasteiger partial charge in [0.15, 0.2) is 0 Å². The number of hydrogen-bond acceptors (Lipinski definition) is 3. The van der Waals surface area contributed by atoms with Gasteiger partial charge in [-0.25, -0.2) is 4.79 Å². The van der Waals surface area contributed by atoms with Gasteiger partial charge in [0.25, 0.3) is 0 Å². The van der Waals surface area contributed by atoms with E-state index in [-0.39, 0.29) is 30.3 Å². The molecule has 7 heteroatoms. The molecule has 160 valence electrons. The first-order valence-corrected chi connectivity index (χ1v) is 10.7. The second kappa shape index (κ2) is 9.81. The molecule has 3 saturated heterocycles. The maximum atomic E-state index is 12.7. The molecule has 29 heavy (non-hydrogen) atoms. The zero-order valence-electron chi connectivity index (χ0n) is 17.2. The molecule has 3 aliphatic rings. The summed E-state index contributed by atoms with van der Waals surface area (Å²) in [6.07, 6.45) is 6.12. The number of fused-ring (bicyclic) bond motifs is 2. The van der Waals surface area contributed by atoms with Gasteiger partial charge in [-0.1, -0.05) is 30.3 Å². The largest absolute Gasteiger partial charge is 0.353 e. The number of rotatable bonds is 4. The molecule has 3 heterocycles. The van der Waals surface area contributed by atoms with Crippen LogP contribution in [0.3, 0.4) is 0 Å². The molecule has 3 amide bonds. The number of likely N-dealkylation sites (tertiary alicyclic amines) is 1. The summed E-state index contributed by atoms with van der Waals surface area (Å²) >= 11 is 0. The van der Waals surface area contributed by atoms with Crippen LogP contribution >= 0.6 is 12.4 Å². The third-order valence-electron chi connectivity index (χ3n) is 6.54. The van der Waals surface area contributed by atoms with E-state index in [1.807, 2.05) is 42.3 Å². The molecule has 0 aromatic heterocycles. The average molecular weight is 421 g/mol. The number of benzene rings is 1. The minimum Gasteiger partial charge on any atom is -0.353 e. The number of piperidine rings is 2. The predicted octanol–water partition coefficient (Wildman–Crippen LogP) is 2.77. The Kier molecular flexibility index (Phi) is 7.41. The van der Waals surface area contributed by atoms with Crippen LogP contribution in [0.25, 0.3) is 0 Å². The Hall–Kier alpha value is -1.79. The topological polar surface area (TPSA) is 64.7 Å². The zero-order valence-corrected chi connectivity index (χ0v) is 18.0. The van der Waals surface area contributed by atoms with Crippen LogP contribution in [0.2, 0.25) is 0 Å². The fourth-order valence-corrected chi connectivity index (χ4v) is 4.99. The summed E-state index contributed by atoms with van der Waals surface area (Å²) in [6.45, 7) is 1.93. The molecular weight excluding hydrogens is 388 g/mol. The molecule has 3 fully saturated rings. The quantitative estimate of drug-likeness (QED) is 0.787. The fraction of sp³-hybridized carbons (Fsp3) is 0.636. The SMILES string of the molecule is CN(Cc1ccccc1)C(=O)N1CCC(C(=O)NC2CC3CCC(C2)N3)CC1.Cl. The number of hydrogen-bond donors (Lipinski definition) is 2.